The van der Waals surface area contributed by atoms with Gasteiger partial charge in [0.05, 0.1) is 18.9 Å². The topological polar surface area (TPSA) is 179 Å². The summed E-state index contributed by atoms with van der Waals surface area (Å²) in [5.41, 5.74) is 6.29. The molecule has 1 heterocycles. The lowest BCUT2D eigenvalue weighted by molar-refractivity contribution is -0.138. The Kier molecular flexibility index (Phi) is 9.90. The van der Waals surface area contributed by atoms with Crippen LogP contribution in [0.2, 0.25) is 0 Å². The first-order valence-electron chi connectivity index (χ1n) is 8.11. The largest absolute Gasteiger partial charge is 0.480 e. The van der Waals surface area contributed by atoms with Gasteiger partial charge in [0.25, 0.3) is 0 Å². The van der Waals surface area contributed by atoms with E-state index in [1.54, 1.807) is 11.8 Å². The number of carboxylic acids is 1. The quantitative estimate of drug-likeness (QED) is 0.229. The molecule has 0 spiro atoms. The number of nitrogens with zero attached hydrogens (tertiary/aromatic N) is 1. The van der Waals surface area contributed by atoms with Gasteiger partial charge in [-0.3, -0.25) is 19.2 Å². The predicted octanol–water partition coefficient (Wildman–Crippen LogP) is -2.17. The van der Waals surface area contributed by atoms with Crippen LogP contribution in [0.25, 0.3) is 0 Å². The number of nitrogens with one attached hydrogen (secondary N) is 4. The second-order valence-corrected chi connectivity index (χ2v) is 6.60. The Balaban J connectivity index is 2.57. The summed E-state index contributed by atoms with van der Waals surface area (Å²) in [4.78, 5) is 53.3. The summed E-state index contributed by atoms with van der Waals surface area (Å²) in [7, 11) is 0. The highest BCUT2D eigenvalue weighted by Gasteiger charge is 2.23. The molecule has 150 valence electrons. The summed E-state index contributed by atoms with van der Waals surface area (Å²) in [6.45, 7) is -0.924. The van der Waals surface area contributed by atoms with Crippen LogP contribution >= 0.6 is 11.8 Å². The van der Waals surface area contributed by atoms with Crippen molar-refractivity contribution in [3.63, 3.8) is 0 Å². The summed E-state index contributed by atoms with van der Waals surface area (Å²) < 4.78 is 0. The molecule has 0 bridgehead atoms. The van der Waals surface area contributed by atoms with E-state index in [4.69, 9.17) is 10.8 Å². The molecule has 0 fully saturated rings. The molecule has 0 saturated carbocycles. The van der Waals surface area contributed by atoms with Crippen molar-refractivity contribution in [1.82, 2.24) is 25.9 Å². The zero-order valence-electron chi connectivity index (χ0n) is 14.9. The standard InChI is InChI=1S/C15H24N6O5S/c1-27-3-2-10(16)14(25)18-6-12(22)21-11(4-9-5-17-8-20-9)15(26)19-7-13(23)24/h5,8,10-11H,2-4,6-7,16H2,1H3,(H,17,20)(H,18,25)(H,19,26)(H,21,22)(H,23,24). The van der Waals surface area contributed by atoms with E-state index in [1.165, 1.54) is 12.5 Å². The predicted molar refractivity (Wildman–Crippen MR) is 98.9 cm³/mol. The zero-order chi connectivity index (χ0) is 20.2. The molecule has 2 atom stereocenters. The third kappa shape index (κ3) is 9.06. The van der Waals surface area contributed by atoms with Gasteiger partial charge in [-0.25, -0.2) is 4.98 Å². The first-order chi connectivity index (χ1) is 12.8. The minimum absolute atomic E-state index is 0.0817. The summed E-state index contributed by atoms with van der Waals surface area (Å²) in [6, 6.07) is -1.75. The molecule has 12 heteroatoms. The van der Waals surface area contributed by atoms with E-state index in [-0.39, 0.29) is 13.0 Å². The monoisotopic (exact) mass is 400 g/mol. The summed E-state index contributed by atoms with van der Waals surface area (Å²) in [5, 5.41) is 15.7. The van der Waals surface area contributed by atoms with Gasteiger partial charge in [-0.2, -0.15) is 11.8 Å². The maximum atomic E-state index is 12.1. The molecule has 3 amide bonds. The van der Waals surface area contributed by atoms with Crippen LogP contribution in [-0.4, -0.2) is 75.9 Å². The minimum Gasteiger partial charge on any atom is -0.480 e. The van der Waals surface area contributed by atoms with Crippen LogP contribution in [0.15, 0.2) is 12.5 Å². The fraction of sp³-hybridized carbons (Fsp3) is 0.533. The molecular formula is C15H24N6O5S. The molecule has 1 aromatic heterocycles. The SMILES string of the molecule is CSCCC(N)C(=O)NCC(=O)NC(Cc1cnc[nH]1)C(=O)NCC(=O)O. The van der Waals surface area contributed by atoms with Gasteiger partial charge < -0.3 is 31.8 Å². The van der Waals surface area contributed by atoms with Gasteiger partial charge in [-0.05, 0) is 18.4 Å². The lowest BCUT2D eigenvalue weighted by Gasteiger charge is -2.18. The summed E-state index contributed by atoms with van der Waals surface area (Å²) in [6.07, 6.45) is 5.36. The Morgan fingerprint density at radius 1 is 1.26 bits per heavy atom. The second-order valence-electron chi connectivity index (χ2n) is 5.62. The number of nitrogens with two attached hydrogens (primary N) is 1. The molecule has 0 aromatic carbocycles. The Hall–Kier alpha value is -2.60. The first kappa shape index (κ1) is 22.4. The summed E-state index contributed by atoms with van der Waals surface area (Å²) in [5.74, 6) is -2.21. The molecule has 0 aliphatic carbocycles. The number of H-pyrrole nitrogens is 1. The highest BCUT2D eigenvalue weighted by atomic mass is 32.2. The van der Waals surface area contributed by atoms with Gasteiger partial charge in [0, 0.05) is 18.3 Å². The second kappa shape index (κ2) is 11.9. The fourth-order valence-electron chi connectivity index (χ4n) is 2.03. The Labute approximate surface area is 160 Å². The molecule has 1 aromatic rings. The van der Waals surface area contributed by atoms with Crippen LogP contribution < -0.4 is 21.7 Å². The van der Waals surface area contributed by atoms with E-state index in [0.29, 0.717) is 12.1 Å². The van der Waals surface area contributed by atoms with Crippen LogP contribution in [0.3, 0.4) is 0 Å². The Bertz CT molecular complexity index is 639. The maximum Gasteiger partial charge on any atom is 0.322 e. The number of carbonyl (C=O) groups is 4. The van der Waals surface area contributed by atoms with Gasteiger partial charge in [-0.15, -0.1) is 0 Å². The number of hydrogen-bond donors (Lipinski definition) is 6. The number of aromatic nitrogens is 2. The lowest BCUT2D eigenvalue weighted by Crippen LogP contribution is -2.52. The van der Waals surface area contributed by atoms with E-state index >= 15 is 0 Å². The number of amides is 3. The summed E-state index contributed by atoms with van der Waals surface area (Å²) >= 11 is 1.56. The van der Waals surface area contributed by atoms with Crippen molar-refractivity contribution in [1.29, 1.82) is 0 Å². The molecule has 2 unspecified atom stereocenters. The average Bonchev–Trinajstić information content (AvgIpc) is 3.14. The third-order valence-corrected chi connectivity index (χ3v) is 4.08. The smallest absolute Gasteiger partial charge is 0.322 e. The number of thioether (sulfide) groups is 1. The van der Waals surface area contributed by atoms with Crippen molar-refractivity contribution in [2.75, 3.05) is 25.1 Å². The first-order valence-corrected chi connectivity index (χ1v) is 9.51. The van der Waals surface area contributed by atoms with E-state index < -0.39 is 42.3 Å². The highest BCUT2D eigenvalue weighted by molar-refractivity contribution is 7.98. The molecule has 27 heavy (non-hydrogen) atoms. The van der Waals surface area contributed by atoms with E-state index in [1.807, 2.05) is 6.26 Å². The maximum absolute atomic E-state index is 12.1. The van der Waals surface area contributed by atoms with Crippen LogP contribution in [0.4, 0.5) is 0 Å². The Morgan fingerprint density at radius 3 is 2.56 bits per heavy atom. The fourth-order valence-corrected chi connectivity index (χ4v) is 2.52. The highest BCUT2D eigenvalue weighted by Crippen LogP contribution is 2.00. The number of imidazole rings is 1. The number of carboxylic acid groups (broad SMARTS) is 1. The number of carbonyl (C=O) groups excluding carboxylic acids is 3. The van der Waals surface area contributed by atoms with Crippen LogP contribution in [0.5, 0.6) is 0 Å². The van der Waals surface area contributed by atoms with Crippen molar-refractivity contribution < 1.29 is 24.3 Å². The van der Waals surface area contributed by atoms with E-state index in [2.05, 4.69) is 25.9 Å². The number of rotatable bonds is 12. The normalized spacial score (nSPS) is 12.7. The lowest BCUT2D eigenvalue weighted by atomic mass is 10.1. The average molecular weight is 400 g/mol. The molecule has 0 aliphatic rings. The molecule has 0 saturated heterocycles. The molecular weight excluding hydrogens is 376 g/mol. The molecule has 1 rings (SSSR count). The Morgan fingerprint density at radius 2 is 1.96 bits per heavy atom. The number of hydrogen-bond acceptors (Lipinski definition) is 7. The van der Waals surface area contributed by atoms with Crippen molar-refractivity contribution in [3.8, 4) is 0 Å². The number of aliphatic carboxylic acids is 1. The van der Waals surface area contributed by atoms with Gasteiger partial charge in [-0.1, -0.05) is 0 Å². The van der Waals surface area contributed by atoms with Crippen molar-refractivity contribution >= 4 is 35.5 Å². The molecule has 7 N–H and O–H groups in total. The van der Waals surface area contributed by atoms with Crippen molar-refractivity contribution in [3.05, 3.63) is 18.2 Å². The zero-order valence-corrected chi connectivity index (χ0v) is 15.7. The van der Waals surface area contributed by atoms with Gasteiger partial charge in [0.2, 0.25) is 17.7 Å². The van der Waals surface area contributed by atoms with E-state index in [9.17, 15) is 19.2 Å². The van der Waals surface area contributed by atoms with Crippen LogP contribution in [0.1, 0.15) is 12.1 Å². The van der Waals surface area contributed by atoms with Gasteiger partial charge in [0.15, 0.2) is 0 Å². The van der Waals surface area contributed by atoms with Gasteiger partial charge >= 0.3 is 5.97 Å². The number of aromatic amines is 1. The minimum atomic E-state index is -1.21. The van der Waals surface area contributed by atoms with Crippen molar-refractivity contribution in [2.45, 2.75) is 24.9 Å². The molecule has 11 nitrogen and oxygen atoms in total. The van der Waals surface area contributed by atoms with E-state index in [0.717, 1.165) is 5.75 Å². The van der Waals surface area contributed by atoms with Crippen LogP contribution in [0, 0.1) is 0 Å². The molecule has 0 aliphatic heterocycles. The third-order valence-electron chi connectivity index (χ3n) is 3.44. The van der Waals surface area contributed by atoms with Gasteiger partial charge in [0.1, 0.15) is 12.6 Å². The van der Waals surface area contributed by atoms with Crippen molar-refractivity contribution in [2.24, 2.45) is 5.73 Å². The molecule has 0 radical (unpaired) electrons. The van der Waals surface area contributed by atoms with Crippen LogP contribution in [-0.2, 0) is 25.6 Å².